The zero-order valence-corrected chi connectivity index (χ0v) is 16.4. The molecule has 1 aliphatic heterocycles. The molecule has 1 aliphatic rings. The topological polar surface area (TPSA) is 101 Å². The Morgan fingerprint density at radius 1 is 1.37 bits per heavy atom. The summed E-state index contributed by atoms with van der Waals surface area (Å²) in [6, 6.07) is 7.60. The van der Waals surface area contributed by atoms with Crippen LogP contribution in [-0.4, -0.2) is 47.4 Å². The van der Waals surface area contributed by atoms with Gasteiger partial charge in [-0.2, -0.15) is 0 Å². The fourth-order valence-corrected chi connectivity index (χ4v) is 4.28. The third kappa shape index (κ3) is 4.64. The molecule has 2 aromatic rings. The van der Waals surface area contributed by atoms with Crippen LogP contribution in [0, 0.1) is 12.8 Å². The highest BCUT2D eigenvalue weighted by Gasteiger charge is 2.36. The lowest BCUT2D eigenvalue weighted by atomic mass is 10.1. The van der Waals surface area contributed by atoms with Gasteiger partial charge in [0.05, 0.1) is 18.8 Å². The van der Waals surface area contributed by atoms with Gasteiger partial charge >= 0.3 is 5.97 Å². The van der Waals surface area contributed by atoms with Crippen LogP contribution in [-0.2, 0) is 19.1 Å². The molecule has 0 saturated carbocycles. The van der Waals surface area contributed by atoms with Crippen LogP contribution in [0.25, 0.3) is 0 Å². The molecule has 10 heteroatoms. The molecule has 1 saturated heterocycles. The Bertz CT molecular complexity index is 870. The van der Waals surface area contributed by atoms with Gasteiger partial charge in [-0.15, -0.1) is 10.2 Å². The van der Waals surface area contributed by atoms with Crippen LogP contribution in [0.1, 0.15) is 12.0 Å². The maximum atomic E-state index is 12.5. The zero-order valence-electron chi connectivity index (χ0n) is 14.8. The molecular weight excluding hydrogens is 388 g/mol. The average Bonchev–Trinajstić information content (AvgIpc) is 3.26. The molecule has 0 spiro atoms. The van der Waals surface area contributed by atoms with E-state index in [1.807, 2.05) is 31.2 Å². The second-order valence-electron chi connectivity index (χ2n) is 5.92. The highest BCUT2D eigenvalue weighted by Crippen LogP contribution is 2.30. The average molecular weight is 406 g/mol. The maximum Gasteiger partial charge on any atom is 0.316 e. The smallest absolute Gasteiger partial charge is 0.316 e. The number of amides is 2. The minimum absolute atomic E-state index is 0.0731. The first-order valence-corrected chi connectivity index (χ1v) is 9.98. The van der Waals surface area contributed by atoms with Crippen molar-refractivity contribution in [1.29, 1.82) is 0 Å². The van der Waals surface area contributed by atoms with Gasteiger partial charge in [-0.25, -0.2) is 0 Å². The highest BCUT2D eigenvalue weighted by atomic mass is 32.2. The summed E-state index contributed by atoms with van der Waals surface area (Å²) in [6.07, 6.45) is 0.156. The second-order valence-corrected chi connectivity index (χ2v) is 8.12. The summed E-state index contributed by atoms with van der Waals surface area (Å²) >= 11 is 2.37. The molecule has 0 radical (unpaired) electrons. The SMILES string of the molecule is COC(=O)CSc1nnc(NC(=O)[C@H]2CC(=O)N(c3ccccc3C)C2)s1. The number of carbonyl (C=O) groups excluding carboxylic acids is 3. The van der Waals surface area contributed by atoms with E-state index in [1.165, 1.54) is 30.2 Å². The highest BCUT2D eigenvalue weighted by molar-refractivity contribution is 8.01. The van der Waals surface area contributed by atoms with Crippen LogP contribution < -0.4 is 10.2 Å². The molecule has 8 nitrogen and oxygen atoms in total. The van der Waals surface area contributed by atoms with Crippen LogP contribution in [0.4, 0.5) is 10.8 Å². The first-order valence-electron chi connectivity index (χ1n) is 8.18. The molecule has 0 bridgehead atoms. The summed E-state index contributed by atoms with van der Waals surface area (Å²) < 4.78 is 5.12. The van der Waals surface area contributed by atoms with Crippen molar-refractivity contribution in [2.75, 3.05) is 29.6 Å². The van der Waals surface area contributed by atoms with Crippen molar-refractivity contribution in [3.8, 4) is 0 Å². The molecule has 0 aliphatic carbocycles. The lowest BCUT2D eigenvalue weighted by Gasteiger charge is -2.18. The summed E-state index contributed by atoms with van der Waals surface area (Å²) in [5.74, 6) is -1.02. The Labute approximate surface area is 164 Å². The Hall–Kier alpha value is -2.46. The van der Waals surface area contributed by atoms with Crippen molar-refractivity contribution >= 4 is 51.7 Å². The van der Waals surface area contributed by atoms with Crippen molar-refractivity contribution in [3.05, 3.63) is 29.8 Å². The quantitative estimate of drug-likeness (QED) is 0.445. The second kappa shape index (κ2) is 8.49. The van der Waals surface area contributed by atoms with E-state index in [-0.39, 0.29) is 30.0 Å². The molecule has 2 amide bonds. The molecule has 1 fully saturated rings. The largest absolute Gasteiger partial charge is 0.468 e. The number of para-hydroxylation sites is 1. The maximum absolute atomic E-state index is 12.5. The number of hydrogen-bond donors (Lipinski definition) is 1. The number of nitrogens with one attached hydrogen (secondary N) is 1. The number of aromatic nitrogens is 2. The van der Waals surface area contributed by atoms with Crippen LogP contribution >= 0.6 is 23.1 Å². The van der Waals surface area contributed by atoms with Gasteiger partial charge in [-0.05, 0) is 18.6 Å². The van der Waals surface area contributed by atoms with Crippen LogP contribution in [0.2, 0.25) is 0 Å². The summed E-state index contributed by atoms with van der Waals surface area (Å²) in [5.41, 5.74) is 1.82. The number of methoxy groups -OCH3 is 1. The Kier molecular flexibility index (Phi) is 6.07. The van der Waals surface area contributed by atoms with Gasteiger partial charge in [0, 0.05) is 18.7 Å². The molecule has 1 atom stereocenters. The van der Waals surface area contributed by atoms with E-state index in [2.05, 4.69) is 20.3 Å². The van der Waals surface area contributed by atoms with Gasteiger partial charge in [0.25, 0.3) is 0 Å². The summed E-state index contributed by atoms with van der Waals surface area (Å²) in [4.78, 5) is 37.7. The van der Waals surface area contributed by atoms with E-state index in [0.29, 0.717) is 16.0 Å². The Morgan fingerprint density at radius 2 is 2.15 bits per heavy atom. The molecule has 1 aromatic carbocycles. The van der Waals surface area contributed by atoms with E-state index >= 15 is 0 Å². The predicted molar refractivity (Wildman–Crippen MR) is 103 cm³/mol. The minimum Gasteiger partial charge on any atom is -0.468 e. The first-order chi connectivity index (χ1) is 13.0. The normalized spacial score (nSPS) is 16.4. The fraction of sp³-hybridized carbons (Fsp3) is 0.353. The third-order valence-corrected chi connectivity index (χ3v) is 6.03. The van der Waals surface area contributed by atoms with Gasteiger partial charge in [0.2, 0.25) is 16.9 Å². The number of benzene rings is 1. The molecule has 1 aromatic heterocycles. The molecule has 1 N–H and O–H groups in total. The van der Waals surface area contributed by atoms with Gasteiger partial charge < -0.3 is 15.0 Å². The van der Waals surface area contributed by atoms with Crippen LogP contribution in [0.15, 0.2) is 28.6 Å². The van der Waals surface area contributed by atoms with E-state index in [9.17, 15) is 14.4 Å². The fourth-order valence-electron chi connectivity index (χ4n) is 2.69. The van der Waals surface area contributed by atoms with Crippen molar-refractivity contribution in [2.24, 2.45) is 5.92 Å². The number of esters is 1. The number of thioether (sulfide) groups is 1. The number of anilines is 2. The Balaban J connectivity index is 1.59. The zero-order chi connectivity index (χ0) is 19.4. The third-order valence-electron chi connectivity index (χ3n) is 4.08. The summed E-state index contributed by atoms with van der Waals surface area (Å²) in [5, 5.41) is 10.9. The van der Waals surface area contributed by atoms with Gasteiger partial charge in [0.1, 0.15) is 0 Å². The standard InChI is InChI=1S/C17H18N4O4S2/c1-10-5-3-4-6-12(10)21-8-11(7-13(21)22)15(24)18-16-19-20-17(27-16)26-9-14(23)25-2/h3-6,11H,7-9H2,1-2H3,(H,18,19,24)/t11-/m0/s1. The lowest BCUT2D eigenvalue weighted by molar-refractivity contribution is -0.137. The van der Waals surface area contributed by atoms with Crippen LogP contribution in [0.3, 0.4) is 0 Å². The number of hydrogen-bond acceptors (Lipinski definition) is 8. The number of carbonyl (C=O) groups is 3. The molecule has 2 heterocycles. The van der Waals surface area contributed by atoms with E-state index in [1.54, 1.807) is 4.90 Å². The van der Waals surface area contributed by atoms with Crippen molar-refractivity contribution in [3.63, 3.8) is 0 Å². The summed E-state index contributed by atoms with van der Waals surface area (Å²) in [7, 11) is 1.32. The number of rotatable bonds is 6. The van der Waals surface area contributed by atoms with Crippen molar-refractivity contribution in [2.45, 2.75) is 17.7 Å². The van der Waals surface area contributed by atoms with E-state index in [4.69, 9.17) is 0 Å². The molecular formula is C17H18N4O4S2. The van der Waals surface area contributed by atoms with Gasteiger partial charge in [-0.3, -0.25) is 14.4 Å². The molecule has 3 rings (SSSR count). The first kappa shape index (κ1) is 19.3. The van der Waals surface area contributed by atoms with Crippen molar-refractivity contribution in [1.82, 2.24) is 10.2 Å². The Morgan fingerprint density at radius 3 is 2.89 bits per heavy atom. The molecule has 0 unspecified atom stereocenters. The summed E-state index contributed by atoms with van der Waals surface area (Å²) in [6.45, 7) is 2.27. The number of ether oxygens (including phenoxy) is 1. The number of aryl methyl sites for hydroxylation is 1. The number of nitrogens with zero attached hydrogens (tertiary/aromatic N) is 3. The van der Waals surface area contributed by atoms with E-state index in [0.717, 1.165) is 11.3 Å². The minimum atomic E-state index is -0.452. The predicted octanol–water partition coefficient (Wildman–Crippen LogP) is 2.10. The lowest BCUT2D eigenvalue weighted by Crippen LogP contribution is -2.28. The molecule has 142 valence electrons. The van der Waals surface area contributed by atoms with E-state index < -0.39 is 5.92 Å². The van der Waals surface area contributed by atoms with Gasteiger partial charge in [-0.1, -0.05) is 41.3 Å². The van der Waals surface area contributed by atoms with Crippen LogP contribution in [0.5, 0.6) is 0 Å². The monoisotopic (exact) mass is 406 g/mol. The van der Waals surface area contributed by atoms with Gasteiger partial charge in [0.15, 0.2) is 4.34 Å². The molecule has 27 heavy (non-hydrogen) atoms. The van der Waals surface area contributed by atoms with Crippen molar-refractivity contribution < 1.29 is 19.1 Å².